The van der Waals surface area contributed by atoms with E-state index < -0.39 is 22.0 Å². The topological polar surface area (TPSA) is 82.1 Å². The number of piperidine rings is 1. The number of esters is 1. The molecule has 1 aromatic carbocycles. The van der Waals surface area contributed by atoms with Crippen molar-refractivity contribution in [2.75, 3.05) is 27.4 Å². The molecule has 1 atom stereocenters. The van der Waals surface area contributed by atoms with Crippen LogP contribution in [0.3, 0.4) is 0 Å². The first kappa shape index (κ1) is 18.5. The lowest BCUT2D eigenvalue weighted by Gasteiger charge is -2.33. The second-order valence-electron chi connectivity index (χ2n) is 5.40. The number of nitrogens with zero attached hydrogens (tertiary/aromatic N) is 1. The highest BCUT2D eigenvalue weighted by Gasteiger charge is 2.39. The highest BCUT2D eigenvalue weighted by Crippen LogP contribution is 2.33. The predicted octanol–water partition coefficient (Wildman–Crippen LogP) is 1.81. The van der Waals surface area contributed by atoms with Crippen LogP contribution < -0.4 is 9.47 Å². The molecule has 0 spiro atoms. The Kier molecular flexibility index (Phi) is 6.06. The fourth-order valence-electron chi connectivity index (χ4n) is 2.78. The predicted molar refractivity (Wildman–Crippen MR) is 87.7 cm³/mol. The summed E-state index contributed by atoms with van der Waals surface area (Å²) >= 11 is 0. The number of benzene rings is 1. The highest BCUT2D eigenvalue weighted by atomic mass is 32.2. The molecule has 0 saturated carbocycles. The molecule has 1 aromatic rings. The third-order valence-electron chi connectivity index (χ3n) is 3.97. The van der Waals surface area contributed by atoms with Crippen LogP contribution in [-0.2, 0) is 19.6 Å². The average molecular weight is 357 g/mol. The van der Waals surface area contributed by atoms with E-state index in [0.717, 1.165) is 6.42 Å². The third kappa shape index (κ3) is 3.64. The van der Waals surface area contributed by atoms with Crippen molar-refractivity contribution in [3.05, 3.63) is 18.2 Å². The van der Waals surface area contributed by atoms with Gasteiger partial charge in [0, 0.05) is 12.6 Å². The van der Waals surface area contributed by atoms with E-state index in [1.165, 1.54) is 30.7 Å². The maximum absolute atomic E-state index is 13.1. The number of methoxy groups -OCH3 is 2. The third-order valence-corrected chi connectivity index (χ3v) is 5.90. The molecule has 0 aromatic heterocycles. The van der Waals surface area contributed by atoms with E-state index in [9.17, 15) is 13.2 Å². The SMILES string of the molecule is CCOC(=O)C1CCCCN1S(=O)(=O)c1cc(OC)ccc1OC. The summed E-state index contributed by atoms with van der Waals surface area (Å²) in [6.07, 6.45) is 1.93. The summed E-state index contributed by atoms with van der Waals surface area (Å²) in [5, 5.41) is 0. The van der Waals surface area contributed by atoms with E-state index in [-0.39, 0.29) is 23.8 Å². The summed E-state index contributed by atoms with van der Waals surface area (Å²) < 4.78 is 42.8. The van der Waals surface area contributed by atoms with Gasteiger partial charge in [-0.15, -0.1) is 0 Å². The fraction of sp³-hybridized carbons (Fsp3) is 0.562. The van der Waals surface area contributed by atoms with Crippen LogP contribution in [0.25, 0.3) is 0 Å². The summed E-state index contributed by atoms with van der Waals surface area (Å²) in [6, 6.07) is 3.76. The van der Waals surface area contributed by atoms with Crippen LogP contribution in [0.1, 0.15) is 26.2 Å². The van der Waals surface area contributed by atoms with Crippen molar-refractivity contribution >= 4 is 16.0 Å². The van der Waals surface area contributed by atoms with Gasteiger partial charge >= 0.3 is 5.97 Å². The standard InChI is InChI=1S/C16H23NO6S/c1-4-23-16(18)13-7-5-6-10-17(13)24(19,20)15-11-12(21-2)8-9-14(15)22-3/h8-9,11,13H,4-7,10H2,1-3H3. The normalized spacial score (nSPS) is 18.9. The molecule has 1 aliphatic rings. The largest absolute Gasteiger partial charge is 0.497 e. The van der Waals surface area contributed by atoms with E-state index in [1.54, 1.807) is 13.0 Å². The van der Waals surface area contributed by atoms with Crippen molar-refractivity contribution in [3.63, 3.8) is 0 Å². The number of sulfonamides is 1. The van der Waals surface area contributed by atoms with Gasteiger partial charge < -0.3 is 14.2 Å². The van der Waals surface area contributed by atoms with Crippen LogP contribution in [0.5, 0.6) is 11.5 Å². The Bertz CT molecular complexity index is 688. The lowest BCUT2D eigenvalue weighted by molar-refractivity contribution is -0.148. The fourth-order valence-corrected chi connectivity index (χ4v) is 4.60. The quantitative estimate of drug-likeness (QED) is 0.722. The highest BCUT2D eigenvalue weighted by molar-refractivity contribution is 7.89. The number of carbonyl (C=O) groups is 1. The Hall–Kier alpha value is -1.80. The second-order valence-corrected chi connectivity index (χ2v) is 7.26. The number of rotatable bonds is 6. The van der Waals surface area contributed by atoms with Crippen molar-refractivity contribution in [1.82, 2.24) is 4.31 Å². The van der Waals surface area contributed by atoms with E-state index in [1.807, 2.05) is 0 Å². The monoisotopic (exact) mass is 357 g/mol. The Morgan fingerprint density at radius 2 is 2.00 bits per heavy atom. The van der Waals surface area contributed by atoms with Gasteiger partial charge in [0.05, 0.1) is 20.8 Å². The summed E-state index contributed by atoms with van der Waals surface area (Å²) in [5.74, 6) is 0.102. The zero-order valence-electron chi connectivity index (χ0n) is 14.1. The summed E-state index contributed by atoms with van der Waals surface area (Å²) in [4.78, 5) is 12.2. The molecular weight excluding hydrogens is 334 g/mol. The minimum Gasteiger partial charge on any atom is -0.497 e. The molecule has 1 unspecified atom stereocenters. The van der Waals surface area contributed by atoms with Gasteiger partial charge in [-0.3, -0.25) is 4.79 Å². The Labute approximate surface area is 142 Å². The Morgan fingerprint density at radius 3 is 2.62 bits per heavy atom. The molecule has 7 nitrogen and oxygen atoms in total. The molecule has 0 aliphatic carbocycles. The van der Waals surface area contributed by atoms with Gasteiger partial charge in [0.2, 0.25) is 10.0 Å². The smallest absolute Gasteiger partial charge is 0.324 e. The molecule has 1 saturated heterocycles. The summed E-state index contributed by atoms with van der Waals surface area (Å²) in [7, 11) is -1.06. The molecule has 0 bridgehead atoms. The maximum atomic E-state index is 13.1. The molecule has 0 amide bonds. The first-order valence-electron chi connectivity index (χ1n) is 7.86. The number of carbonyl (C=O) groups excluding carboxylic acids is 1. The van der Waals surface area contributed by atoms with Gasteiger partial charge in [-0.2, -0.15) is 4.31 Å². The Balaban J connectivity index is 2.45. The van der Waals surface area contributed by atoms with Crippen molar-refractivity contribution in [2.45, 2.75) is 37.1 Å². The molecule has 1 aliphatic heterocycles. The lowest BCUT2D eigenvalue weighted by atomic mass is 10.1. The van der Waals surface area contributed by atoms with Crippen LogP contribution in [0.4, 0.5) is 0 Å². The average Bonchev–Trinajstić information content (AvgIpc) is 2.61. The van der Waals surface area contributed by atoms with Gasteiger partial charge in [-0.1, -0.05) is 0 Å². The van der Waals surface area contributed by atoms with Crippen molar-refractivity contribution in [3.8, 4) is 11.5 Å². The van der Waals surface area contributed by atoms with Crippen LogP contribution >= 0.6 is 0 Å². The molecule has 134 valence electrons. The van der Waals surface area contributed by atoms with E-state index in [0.29, 0.717) is 18.6 Å². The zero-order chi connectivity index (χ0) is 17.7. The van der Waals surface area contributed by atoms with Crippen LogP contribution in [0.15, 0.2) is 23.1 Å². The van der Waals surface area contributed by atoms with E-state index >= 15 is 0 Å². The number of hydrogen-bond acceptors (Lipinski definition) is 6. The minimum atomic E-state index is -3.92. The van der Waals surface area contributed by atoms with Gasteiger partial charge in [-0.05, 0) is 38.3 Å². The molecule has 1 fully saturated rings. The number of ether oxygens (including phenoxy) is 3. The van der Waals surface area contributed by atoms with Gasteiger partial charge in [0.1, 0.15) is 22.4 Å². The molecule has 2 rings (SSSR count). The van der Waals surface area contributed by atoms with Gasteiger partial charge in [0.15, 0.2) is 0 Å². The van der Waals surface area contributed by atoms with Gasteiger partial charge in [0.25, 0.3) is 0 Å². The lowest BCUT2D eigenvalue weighted by Crippen LogP contribution is -2.48. The first-order chi connectivity index (χ1) is 11.5. The molecule has 1 heterocycles. The maximum Gasteiger partial charge on any atom is 0.324 e. The van der Waals surface area contributed by atoms with E-state index in [2.05, 4.69) is 0 Å². The minimum absolute atomic E-state index is 0.0134. The van der Waals surface area contributed by atoms with Crippen LogP contribution in [0.2, 0.25) is 0 Å². The van der Waals surface area contributed by atoms with E-state index in [4.69, 9.17) is 14.2 Å². The first-order valence-corrected chi connectivity index (χ1v) is 9.30. The summed E-state index contributed by atoms with van der Waals surface area (Å²) in [6.45, 7) is 2.18. The molecule has 8 heteroatoms. The molecule has 0 N–H and O–H groups in total. The zero-order valence-corrected chi connectivity index (χ0v) is 15.0. The van der Waals surface area contributed by atoms with Crippen molar-refractivity contribution < 1.29 is 27.4 Å². The molecule has 24 heavy (non-hydrogen) atoms. The van der Waals surface area contributed by atoms with Crippen molar-refractivity contribution in [2.24, 2.45) is 0 Å². The molecular formula is C16H23NO6S. The van der Waals surface area contributed by atoms with Gasteiger partial charge in [-0.25, -0.2) is 8.42 Å². The van der Waals surface area contributed by atoms with Crippen molar-refractivity contribution in [1.29, 1.82) is 0 Å². The number of hydrogen-bond donors (Lipinski definition) is 0. The van der Waals surface area contributed by atoms with Crippen LogP contribution in [-0.4, -0.2) is 52.1 Å². The second kappa shape index (κ2) is 7.85. The Morgan fingerprint density at radius 1 is 1.25 bits per heavy atom. The molecule has 0 radical (unpaired) electrons. The van der Waals surface area contributed by atoms with Crippen LogP contribution in [0, 0.1) is 0 Å². The summed E-state index contributed by atoms with van der Waals surface area (Å²) in [5.41, 5.74) is 0.